The SMILES string of the molecule is COCCCN1C(=O)c2oc3ccccc3c(=O)c2C1c1ccc([N+](=O)[O-])cc1. The Morgan fingerprint density at radius 2 is 1.86 bits per heavy atom. The highest BCUT2D eigenvalue weighted by atomic mass is 16.6. The molecule has 3 aromatic rings. The molecule has 0 radical (unpaired) electrons. The second-order valence-corrected chi connectivity index (χ2v) is 6.77. The van der Waals surface area contributed by atoms with Crippen LogP contribution in [0.2, 0.25) is 0 Å². The van der Waals surface area contributed by atoms with Crippen LogP contribution in [0.1, 0.15) is 34.1 Å². The minimum atomic E-state index is -0.670. The Morgan fingerprint density at radius 3 is 2.55 bits per heavy atom. The van der Waals surface area contributed by atoms with Gasteiger partial charge in [0.25, 0.3) is 11.6 Å². The number of amides is 1. The van der Waals surface area contributed by atoms with Crippen molar-refractivity contribution in [1.82, 2.24) is 4.90 Å². The molecule has 1 atom stereocenters. The van der Waals surface area contributed by atoms with Crippen LogP contribution in [0.4, 0.5) is 5.69 Å². The maximum atomic E-state index is 13.2. The number of nitrogens with zero attached hydrogens (tertiary/aromatic N) is 2. The fourth-order valence-corrected chi connectivity index (χ4v) is 3.70. The van der Waals surface area contributed by atoms with Gasteiger partial charge >= 0.3 is 0 Å². The van der Waals surface area contributed by atoms with Crippen LogP contribution in [0.5, 0.6) is 0 Å². The zero-order valence-electron chi connectivity index (χ0n) is 15.7. The number of non-ortho nitro benzene ring substituents is 1. The normalized spacial score (nSPS) is 15.7. The van der Waals surface area contributed by atoms with Gasteiger partial charge in [-0.25, -0.2) is 0 Å². The van der Waals surface area contributed by atoms with Gasteiger partial charge in [0.05, 0.1) is 21.9 Å². The van der Waals surface area contributed by atoms with Crippen LogP contribution in [0.3, 0.4) is 0 Å². The Hall–Kier alpha value is -3.52. The number of hydrogen-bond donors (Lipinski definition) is 0. The molecule has 8 nitrogen and oxygen atoms in total. The molecule has 148 valence electrons. The molecule has 1 aliphatic heterocycles. The molecule has 1 amide bonds. The summed E-state index contributed by atoms with van der Waals surface area (Å²) in [6, 6.07) is 12.0. The van der Waals surface area contributed by atoms with Gasteiger partial charge in [-0.2, -0.15) is 0 Å². The van der Waals surface area contributed by atoms with Crippen molar-refractivity contribution >= 4 is 22.6 Å². The van der Waals surface area contributed by atoms with E-state index in [-0.39, 0.29) is 28.3 Å². The lowest BCUT2D eigenvalue weighted by Gasteiger charge is -2.25. The molecule has 8 heteroatoms. The standard InChI is InChI=1S/C21H18N2O6/c1-28-12-4-11-22-18(13-7-9-14(10-8-13)23(26)27)17-19(24)15-5-2-3-6-16(15)29-20(17)21(22)25/h2-3,5-10,18H,4,11-12H2,1H3. The number of para-hydroxylation sites is 1. The van der Waals surface area contributed by atoms with Crippen molar-refractivity contribution in [3.8, 4) is 0 Å². The molecule has 0 aliphatic carbocycles. The molecular weight excluding hydrogens is 376 g/mol. The molecule has 29 heavy (non-hydrogen) atoms. The molecule has 4 rings (SSSR count). The highest BCUT2D eigenvalue weighted by Crippen LogP contribution is 2.38. The average molecular weight is 394 g/mol. The van der Waals surface area contributed by atoms with Crippen molar-refractivity contribution in [2.24, 2.45) is 0 Å². The van der Waals surface area contributed by atoms with E-state index in [0.717, 1.165) is 0 Å². The van der Waals surface area contributed by atoms with Crippen molar-refractivity contribution in [1.29, 1.82) is 0 Å². The number of rotatable bonds is 6. The molecule has 0 saturated carbocycles. The maximum absolute atomic E-state index is 13.2. The van der Waals surface area contributed by atoms with Crippen LogP contribution in [0.15, 0.2) is 57.7 Å². The summed E-state index contributed by atoms with van der Waals surface area (Å²) >= 11 is 0. The van der Waals surface area contributed by atoms with Gasteiger partial charge in [-0.3, -0.25) is 19.7 Å². The highest BCUT2D eigenvalue weighted by Gasteiger charge is 2.42. The predicted molar refractivity (Wildman–Crippen MR) is 105 cm³/mol. The quantitative estimate of drug-likeness (QED) is 0.361. The molecule has 2 heterocycles. The van der Waals surface area contributed by atoms with Crippen LogP contribution in [-0.4, -0.2) is 36.0 Å². The largest absolute Gasteiger partial charge is 0.450 e. The third kappa shape index (κ3) is 3.17. The van der Waals surface area contributed by atoms with Crippen LogP contribution in [0.25, 0.3) is 11.0 Å². The number of carbonyl (C=O) groups is 1. The second kappa shape index (κ2) is 7.48. The monoisotopic (exact) mass is 394 g/mol. The van der Waals surface area contributed by atoms with E-state index in [1.54, 1.807) is 48.4 Å². The van der Waals surface area contributed by atoms with Gasteiger partial charge in [0.2, 0.25) is 5.76 Å². The molecule has 0 N–H and O–H groups in total. The molecule has 0 saturated heterocycles. The summed E-state index contributed by atoms with van der Waals surface area (Å²) in [6.45, 7) is 0.810. The number of carbonyl (C=O) groups excluding carboxylic acids is 1. The van der Waals surface area contributed by atoms with Gasteiger partial charge in [-0.15, -0.1) is 0 Å². The smallest absolute Gasteiger partial charge is 0.290 e. The lowest BCUT2D eigenvalue weighted by molar-refractivity contribution is -0.384. The van der Waals surface area contributed by atoms with E-state index in [4.69, 9.17) is 9.15 Å². The molecule has 1 unspecified atom stereocenters. The molecule has 0 spiro atoms. The average Bonchev–Trinajstić information content (AvgIpc) is 3.01. The Morgan fingerprint density at radius 1 is 1.14 bits per heavy atom. The number of methoxy groups -OCH3 is 1. The van der Waals surface area contributed by atoms with Gasteiger partial charge < -0.3 is 14.1 Å². The Balaban J connectivity index is 1.88. The van der Waals surface area contributed by atoms with Crippen LogP contribution in [0, 0.1) is 10.1 Å². The van der Waals surface area contributed by atoms with E-state index in [2.05, 4.69) is 0 Å². The number of nitro benzene ring substituents is 1. The number of nitro groups is 1. The summed E-state index contributed by atoms with van der Waals surface area (Å²) in [5, 5.41) is 11.4. The zero-order chi connectivity index (χ0) is 20.5. The van der Waals surface area contributed by atoms with E-state index in [9.17, 15) is 19.7 Å². The minimum Gasteiger partial charge on any atom is -0.450 e. The van der Waals surface area contributed by atoms with Gasteiger partial charge in [0.15, 0.2) is 5.43 Å². The van der Waals surface area contributed by atoms with E-state index in [1.165, 1.54) is 12.1 Å². The highest BCUT2D eigenvalue weighted by molar-refractivity contribution is 5.99. The predicted octanol–water partition coefficient (Wildman–Crippen LogP) is 3.28. The lowest BCUT2D eigenvalue weighted by atomic mass is 9.98. The first-order valence-corrected chi connectivity index (χ1v) is 9.13. The number of fused-ring (bicyclic) bond motifs is 2. The summed E-state index contributed by atoms with van der Waals surface area (Å²) in [4.78, 5) is 38.4. The Labute approximate surface area is 165 Å². The van der Waals surface area contributed by atoms with E-state index >= 15 is 0 Å². The molecule has 0 fully saturated rings. The molecular formula is C21H18N2O6. The first kappa shape index (κ1) is 18.8. The van der Waals surface area contributed by atoms with Crippen LogP contribution < -0.4 is 5.43 Å². The second-order valence-electron chi connectivity index (χ2n) is 6.77. The van der Waals surface area contributed by atoms with E-state index < -0.39 is 11.0 Å². The van der Waals surface area contributed by atoms with Crippen molar-refractivity contribution in [2.45, 2.75) is 12.5 Å². The van der Waals surface area contributed by atoms with E-state index in [1.807, 2.05) is 0 Å². The summed E-state index contributed by atoms with van der Waals surface area (Å²) < 4.78 is 10.9. The molecule has 1 aromatic heterocycles. The topological polar surface area (TPSA) is 103 Å². The Bertz CT molecular complexity index is 1150. The Kier molecular flexibility index (Phi) is 4.85. The van der Waals surface area contributed by atoms with Gasteiger partial charge in [-0.1, -0.05) is 12.1 Å². The van der Waals surface area contributed by atoms with Crippen molar-refractivity contribution in [3.63, 3.8) is 0 Å². The number of hydrogen-bond acceptors (Lipinski definition) is 6. The number of ether oxygens (including phenoxy) is 1. The van der Waals surface area contributed by atoms with Gasteiger partial charge in [0.1, 0.15) is 5.58 Å². The zero-order valence-corrected chi connectivity index (χ0v) is 15.7. The lowest BCUT2D eigenvalue weighted by Crippen LogP contribution is -2.31. The third-order valence-electron chi connectivity index (χ3n) is 5.04. The van der Waals surface area contributed by atoms with Crippen LogP contribution >= 0.6 is 0 Å². The van der Waals surface area contributed by atoms with Crippen molar-refractivity contribution in [2.75, 3.05) is 20.3 Å². The summed E-state index contributed by atoms with van der Waals surface area (Å²) in [5.74, 6) is -0.350. The molecule has 1 aliphatic rings. The molecule has 0 bridgehead atoms. The first-order valence-electron chi connectivity index (χ1n) is 9.13. The fraction of sp³-hybridized carbons (Fsp3) is 0.238. The number of benzene rings is 2. The van der Waals surface area contributed by atoms with E-state index in [0.29, 0.717) is 36.1 Å². The first-order chi connectivity index (χ1) is 14.0. The summed E-state index contributed by atoms with van der Waals surface area (Å²) in [6.07, 6.45) is 0.577. The minimum absolute atomic E-state index is 0.0227. The summed E-state index contributed by atoms with van der Waals surface area (Å²) in [5.41, 5.74) is 0.899. The third-order valence-corrected chi connectivity index (χ3v) is 5.04. The summed E-state index contributed by atoms with van der Waals surface area (Å²) in [7, 11) is 1.58. The molecule has 2 aromatic carbocycles. The van der Waals surface area contributed by atoms with Gasteiger partial charge in [-0.05, 0) is 36.2 Å². The van der Waals surface area contributed by atoms with Crippen LogP contribution in [-0.2, 0) is 4.74 Å². The fourth-order valence-electron chi connectivity index (χ4n) is 3.70. The van der Waals surface area contributed by atoms with Crippen molar-refractivity contribution in [3.05, 3.63) is 85.8 Å². The van der Waals surface area contributed by atoms with Crippen molar-refractivity contribution < 1.29 is 18.9 Å². The van der Waals surface area contributed by atoms with Gasteiger partial charge in [0, 0.05) is 32.4 Å². The maximum Gasteiger partial charge on any atom is 0.290 e.